The highest BCUT2D eigenvalue weighted by Gasteiger charge is 2.16. The first-order valence-electron chi connectivity index (χ1n) is 9.11. The van der Waals surface area contributed by atoms with Gasteiger partial charge in [0.15, 0.2) is 5.82 Å². The molecule has 2 heterocycles. The van der Waals surface area contributed by atoms with Gasteiger partial charge in [0.2, 0.25) is 5.91 Å². The van der Waals surface area contributed by atoms with Crippen molar-refractivity contribution in [2.24, 2.45) is 5.92 Å². The minimum absolute atomic E-state index is 0.0238. The van der Waals surface area contributed by atoms with Crippen LogP contribution >= 0.6 is 0 Å². The minimum atomic E-state index is -0.253. The maximum absolute atomic E-state index is 12.6. The highest BCUT2D eigenvalue weighted by molar-refractivity contribution is 6.05. The van der Waals surface area contributed by atoms with Crippen LogP contribution in [0.5, 0.6) is 0 Å². The molecular formula is C21H23N5O2. The molecule has 28 heavy (non-hydrogen) atoms. The molecule has 0 fully saturated rings. The maximum Gasteiger partial charge on any atom is 0.259 e. The second-order valence-corrected chi connectivity index (χ2v) is 6.92. The van der Waals surface area contributed by atoms with Crippen LogP contribution in [0.2, 0.25) is 0 Å². The predicted octanol–water partition coefficient (Wildman–Crippen LogP) is 3.81. The lowest BCUT2D eigenvalue weighted by atomic mass is 10.1. The van der Waals surface area contributed by atoms with Gasteiger partial charge in [-0.1, -0.05) is 19.9 Å². The Balaban J connectivity index is 1.67. The lowest BCUT2D eigenvalue weighted by Crippen LogP contribution is -2.15. The molecule has 3 rings (SSSR count). The van der Waals surface area contributed by atoms with E-state index in [1.807, 2.05) is 39.0 Å². The van der Waals surface area contributed by atoms with E-state index in [4.69, 9.17) is 0 Å². The summed E-state index contributed by atoms with van der Waals surface area (Å²) in [7, 11) is 0. The van der Waals surface area contributed by atoms with Gasteiger partial charge in [-0.15, -0.1) is 0 Å². The van der Waals surface area contributed by atoms with Gasteiger partial charge in [0.25, 0.3) is 5.91 Å². The molecule has 3 aromatic rings. The van der Waals surface area contributed by atoms with Crippen molar-refractivity contribution in [3.8, 4) is 5.82 Å². The molecular weight excluding hydrogens is 354 g/mol. The number of amides is 2. The summed E-state index contributed by atoms with van der Waals surface area (Å²) in [4.78, 5) is 28.7. The van der Waals surface area contributed by atoms with E-state index < -0.39 is 0 Å². The highest BCUT2D eigenvalue weighted by Crippen LogP contribution is 2.17. The van der Waals surface area contributed by atoms with Crippen molar-refractivity contribution in [3.63, 3.8) is 0 Å². The van der Waals surface area contributed by atoms with Crippen LogP contribution in [0.15, 0.2) is 54.9 Å². The molecule has 0 bridgehead atoms. The number of carbonyl (C=O) groups excluding carboxylic acids is 2. The second-order valence-electron chi connectivity index (χ2n) is 6.92. The van der Waals surface area contributed by atoms with E-state index in [1.165, 1.54) is 6.20 Å². The first kappa shape index (κ1) is 19.3. The molecule has 0 aliphatic rings. The van der Waals surface area contributed by atoms with E-state index in [1.54, 1.807) is 35.1 Å². The largest absolute Gasteiger partial charge is 0.326 e. The number of hydrogen-bond acceptors (Lipinski definition) is 4. The molecule has 0 aliphatic heterocycles. The molecule has 0 atom stereocenters. The van der Waals surface area contributed by atoms with Crippen LogP contribution in [0.4, 0.5) is 11.4 Å². The lowest BCUT2D eigenvalue weighted by Gasteiger charge is -2.09. The van der Waals surface area contributed by atoms with Crippen LogP contribution in [0, 0.1) is 12.8 Å². The van der Waals surface area contributed by atoms with E-state index in [2.05, 4.69) is 20.7 Å². The first-order chi connectivity index (χ1) is 13.4. The molecule has 0 spiro atoms. The number of nitrogens with one attached hydrogen (secondary N) is 2. The average molecular weight is 377 g/mol. The van der Waals surface area contributed by atoms with E-state index in [0.717, 1.165) is 0 Å². The van der Waals surface area contributed by atoms with Crippen LogP contribution in [0.3, 0.4) is 0 Å². The molecule has 144 valence electrons. The fourth-order valence-electron chi connectivity index (χ4n) is 2.76. The van der Waals surface area contributed by atoms with Gasteiger partial charge in [-0.3, -0.25) is 9.59 Å². The van der Waals surface area contributed by atoms with Crippen molar-refractivity contribution >= 4 is 23.2 Å². The number of anilines is 2. The monoisotopic (exact) mass is 377 g/mol. The molecule has 7 heteroatoms. The van der Waals surface area contributed by atoms with Crippen LogP contribution < -0.4 is 10.6 Å². The Hall–Kier alpha value is -3.48. The summed E-state index contributed by atoms with van der Waals surface area (Å²) in [5.74, 6) is 0.676. The van der Waals surface area contributed by atoms with Gasteiger partial charge in [-0.2, -0.15) is 5.10 Å². The molecule has 0 saturated carbocycles. The highest BCUT2D eigenvalue weighted by atomic mass is 16.2. The smallest absolute Gasteiger partial charge is 0.259 e. The van der Waals surface area contributed by atoms with Crippen LogP contribution in [0.25, 0.3) is 5.82 Å². The zero-order chi connectivity index (χ0) is 20.1. The van der Waals surface area contributed by atoms with E-state index >= 15 is 0 Å². The van der Waals surface area contributed by atoms with E-state index in [0.29, 0.717) is 40.8 Å². The summed E-state index contributed by atoms with van der Waals surface area (Å²) in [5, 5.41) is 9.96. The van der Waals surface area contributed by atoms with Gasteiger partial charge in [0, 0.05) is 24.0 Å². The fourth-order valence-corrected chi connectivity index (χ4v) is 2.76. The van der Waals surface area contributed by atoms with Crippen LogP contribution in [0.1, 0.15) is 36.3 Å². The van der Waals surface area contributed by atoms with Gasteiger partial charge in [-0.05, 0) is 49.2 Å². The summed E-state index contributed by atoms with van der Waals surface area (Å²) in [6, 6.07) is 12.5. The topological polar surface area (TPSA) is 88.9 Å². The zero-order valence-electron chi connectivity index (χ0n) is 16.1. The molecule has 0 unspecified atom stereocenters. The number of aromatic nitrogens is 3. The third-order valence-corrected chi connectivity index (χ3v) is 4.14. The van der Waals surface area contributed by atoms with Crippen molar-refractivity contribution in [2.75, 3.05) is 10.6 Å². The van der Waals surface area contributed by atoms with E-state index in [-0.39, 0.29) is 11.8 Å². The second kappa shape index (κ2) is 8.47. The Bertz CT molecular complexity index is 962. The van der Waals surface area contributed by atoms with Crippen molar-refractivity contribution in [1.29, 1.82) is 0 Å². The minimum Gasteiger partial charge on any atom is -0.326 e. The molecule has 1 aromatic carbocycles. The zero-order valence-corrected chi connectivity index (χ0v) is 16.1. The summed E-state index contributed by atoms with van der Waals surface area (Å²) < 4.78 is 1.63. The molecule has 2 amide bonds. The molecule has 0 aliphatic carbocycles. The normalized spacial score (nSPS) is 10.7. The average Bonchev–Trinajstić information content (AvgIpc) is 3.05. The Labute approximate surface area is 163 Å². The number of nitrogens with zero attached hydrogens (tertiary/aromatic N) is 3. The molecule has 2 N–H and O–H groups in total. The van der Waals surface area contributed by atoms with Crippen molar-refractivity contribution < 1.29 is 9.59 Å². The van der Waals surface area contributed by atoms with Gasteiger partial charge < -0.3 is 10.6 Å². The maximum atomic E-state index is 12.6. The summed E-state index contributed by atoms with van der Waals surface area (Å²) in [6.45, 7) is 5.82. The number of hydrogen-bond donors (Lipinski definition) is 2. The lowest BCUT2D eigenvalue weighted by molar-refractivity contribution is -0.116. The third-order valence-electron chi connectivity index (χ3n) is 4.14. The number of rotatable bonds is 6. The summed E-state index contributed by atoms with van der Waals surface area (Å²) in [5.41, 5.74) is 2.51. The summed E-state index contributed by atoms with van der Waals surface area (Å²) in [6.07, 6.45) is 3.68. The fraction of sp³-hybridized carbons (Fsp3) is 0.238. The SMILES string of the molecule is Cc1c(C(=O)Nc2ccc(NC(=O)CC(C)C)cc2)cnn1-c1ccccn1. The number of pyridine rings is 1. The van der Waals surface area contributed by atoms with Crippen LogP contribution in [-0.4, -0.2) is 26.6 Å². The van der Waals surface area contributed by atoms with Gasteiger partial charge in [0.05, 0.1) is 17.5 Å². The molecule has 2 aromatic heterocycles. The Morgan fingerprint density at radius 2 is 1.71 bits per heavy atom. The summed E-state index contributed by atoms with van der Waals surface area (Å²) >= 11 is 0. The third kappa shape index (κ3) is 4.62. The predicted molar refractivity (Wildman–Crippen MR) is 109 cm³/mol. The van der Waals surface area contributed by atoms with Gasteiger partial charge in [0.1, 0.15) is 0 Å². The van der Waals surface area contributed by atoms with Crippen molar-refractivity contribution in [1.82, 2.24) is 14.8 Å². The van der Waals surface area contributed by atoms with Crippen molar-refractivity contribution in [2.45, 2.75) is 27.2 Å². The number of carbonyl (C=O) groups is 2. The standard InChI is InChI=1S/C21H23N5O2/c1-14(2)12-20(27)24-16-7-9-17(10-8-16)25-21(28)18-13-23-26(15(18)3)19-6-4-5-11-22-19/h4-11,13-14H,12H2,1-3H3,(H,24,27)(H,25,28). The van der Waals surface area contributed by atoms with Crippen LogP contribution in [-0.2, 0) is 4.79 Å². The Kier molecular flexibility index (Phi) is 5.84. The van der Waals surface area contributed by atoms with Gasteiger partial charge in [-0.25, -0.2) is 9.67 Å². The molecule has 0 saturated heterocycles. The van der Waals surface area contributed by atoms with Gasteiger partial charge >= 0.3 is 0 Å². The number of benzene rings is 1. The first-order valence-corrected chi connectivity index (χ1v) is 9.11. The Morgan fingerprint density at radius 3 is 2.32 bits per heavy atom. The molecule has 0 radical (unpaired) electrons. The van der Waals surface area contributed by atoms with Crippen molar-refractivity contribution in [3.05, 3.63) is 66.1 Å². The Morgan fingerprint density at radius 1 is 1.04 bits per heavy atom. The quantitative estimate of drug-likeness (QED) is 0.684. The molecule has 7 nitrogen and oxygen atoms in total. The van der Waals surface area contributed by atoms with E-state index in [9.17, 15) is 9.59 Å².